The van der Waals surface area contributed by atoms with Crippen molar-refractivity contribution in [1.82, 2.24) is 0 Å². The van der Waals surface area contributed by atoms with Gasteiger partial charge in [0.1, 0.15) is 0 Å². The highest BCUT2D eigenvalue weighted by atomic mass is 32.1. The minimum absolute atomic E-state index is 0.425. The highest BCUT2D eigenvalue weighted by molar-refractivity contribution is 7.80. The zero-order chi connectivity index (χ0) is 8.97. The summed E-state index contributed by atoms with van der Waals surface area (Å²) in [5, 5.41) is 0.425. The average molecular weight is 181 g/mol. The predicted molar refractivity (Wildman–Crippen MR) is 56.5 cm³/mol. The maximum atomic E-state index is 5.49. The Kier molecular flexibility index (Phi) is 3.63. The number of benzene rings is 1. The summed E-state index contributed by atoms with van der Waals surface area (Å²) in [6.45, 7) is 2.72. The first-order valence-corrected chi connectivity index (χ1v) is 4.70. The average Bonchev–Trinajstić information content (AvgIpc) is 2.05. The van der Waals surface area contributed by atoms with Crippen LogP contribution in [0.15, 0.2) is 24.3 Å². The zero-order valence-electron chi connectivity index (χ0n) is 7.33. The molecule has 1 rings (SSSR count). The van der Waals surface area contributed by atoms with Gasteiger partial charge in [0.05, 0.1) is 0 Å². The maximum absolute atomic E-state index is 5.49. The molecule has 0 heterocycles. The summed E-state index contributed by atoms with van der Waals surface area (Å²) >= 11 is 4.33. The highest BCUT2D eigenvalue weighted by Gasteiger charge is 1.97. The summed E-state index contributed by atoms with van der Waals surface area (Å²) in [7, 11) is 0. The monoisotopic (exact) mass is 181 g/mol. The summed E-state index contributed by atoms with van der Waals surface area (Å²) in [6, 6.07) is 8.39. The number of nitrogens with two attached hydrogens (primary N) is 1. The molecule has 1 aromatic rings. The Bertz CT molecular complexity index is 228. The lowest BCUT2D eigenvalue weighted by molar-refractivity contribution is 0.946. The molecule has 1 atom stereocenters. The van der Waals surface area contributed by atoms with Gasteiger partial charge in [-0.1, -0.05) is 31.2 Å². The topological polar surface area (TPSA) is 26.0 Å². The lowest BCUT2D eigenvalue weighted by atomic mass is 10.1. The van der Waals surface area contributed by atoms with Gasteiger partial charge in [0.15, 0.2) is 0 Å². The fraction of sp³-hybridized carbons (Fsp3) is 0.400. The third-order valence-corrected chi connectivity index (χ3v) is 1.97. The van der Waals surface area contributed by atoms with Gasteiger partial charge in [0, 0.05) is 11.8 Å². The fourth-order valence-corrected chi connectivity index (χ4v) is 1.36. The highest BCUT2D eigenvalue weighted by Crippen LogP contribution is 2.08. The first-order chi connectivity index (χ1) is 5.72. The van der Waals surface area contributed by atoms with Crippen LogP contribution in [0, 0.1) is 0 Å². The second-order valence-electron chi connectivity index (χ2n) is 3.07. The first kappa shape index (κ1) is 9.62. The quantitative estimate of drug-likeness (QED) is 0.685. The summed E-state index contributed by atoms with van der Waals surface area (Å²) in [6.07, 6.45) is 1.02. The molecule has 1 unspecified atom stereocenters. The van der Waals surface area contributed by atoms with E-state index in [4.69, 9.17) is 5.73 Å². The Morgan fingerprint density at radius 3 is 2.17 bits per heavy atom. The molecule has 66 valence electrons. The molecule has 0 radical (unpaired) electrons. The van der Waals surface area contributed by atoms with Crippen LogP contribution in [0.3, 0.4) is 0 Å². The van der Waals surface area contributed by atoms with Crippen molar-refractivity contribution in [2.45, 2.75) is 25.1 Å². The molecule has 0 fully saturated rings. The van der Waals surface area contributed by atoms with Crippen molar-refractivity contribution < 1.29 is 0 Å². The van der Waals surface area contributed by atoms with E-state index in [2.05, 4.69) is 43.8 Å². The molecular formula is C10H15NS. The summed E-state index contributed by atoms with van der Waals surface area (Å²) < 4.78 is 0. The smallest absolute Gasteiger partial charge is 0.0178 e. The van der Waals surface area contributed by atoms with E-state index in [1.54, 1.807) is 0 Å². The van der Waals surface area contributed by atoms with Crippen LogP contribution in [0.5, 0.6) is 0 Å². The van der Waals surface area contributed by atoms with Crippen molar-refractivity contribution in [3.8, 4) is 0 Å². The van der Waals surface area contributed by atoms with E-state index in [9.17, 15) is 0 Å². The maximum Gasteiger partial charge on any atom is 0.0178 e. The SMILES string of the molecule is CC(S)Cc1ccc(CN)cc1. The molecule has 0 aliphatic carbocycles. The Hall–Kier alpha value is -0.470. The van der Waals surface area contributed by atoms with Gasteiger partial charge in [0.25, 0.3) is 0 Å². The number of hydrogen-bond acceptors (Lipinski definition) is 2. The first-order valence-electron chi connectivity index (χ1n) is 4.18. The van der Waals surface area contributed by atoms with Crippen molar-refractivity contribution in [3.05, 3.63) is 35.4 Å². The van der Waals surface area contributed by atoms with Crippen LogP contribution in [0.1, 0.15) is 18.1 Å². The van der Waals surface area contributed by atoms with Crippen molar-refractivity contribution in [3.63, 3.8) is 0 Å². The van der Waals surface area contributed by atoms with Crippen LogP contribution in [-0.2, 0) is 13.0 Å². The van der Waals surface area contributed by atoms with Crippen molar-refractivity contribution >= 4 is 12.6 Å². The van der Waals surface area contributed by atoms with Crippen LogP contribution < -0.4 is 5.73 Å². The molecule has 0 spiro atoms. The summed E-state index contributed by atoms with van der Waals surface area (Å²) in [4.78, 5) is 0. The summed E-state index contributed by atoms with van der Waals surface area (Å²) in [5.74, 6) is 0. The Labute approximate surface area is 79.4 Å². The fourth-order valence-electron chi connectivity index (χ4n) is 1.15. The third-order valence-electron chi connectivity index (χ3n) is 1.79. The van der Waals surface area contributed by atoms with E-state index in [0.29, 0.717) is 11.8 Å². The van der Waals surface area contributed by atoms with Gasteiger partial charge in [-0.25, -0.2) is 0 Å². The van der Waals surface area contributed by atoms with Crippen LogP contribution >= 0.6 is 12.6 Å². The van der Waals surface area contributed by atoms with Crippen molar-refractivity contribution in [2.24, 2.45) is 5.73 Å². The van der Waals surface area contributed by atoms with Crippen LogP contribution in [0.2, 0.25) is 0 Å². The molecule has 2 N–H and O–H groups in total. The molecule has 0 aliphatic rings. The number of hydrogen-bond donors (Lipinski definition) is 2. The van der Waals surface area contributed by atoms with E-state index in [1.807, 2.05) is 0 Å². The molecule has 12 heavy (non-hydrogen) atoms. The van der Waals surface area contributed by atoms with Crippen LogP contribution in [0.4, 0.5) is 0 Å². The molecule has 0 amide bonds. The van der Waals surface area contributed by atoms with E-state index in [-0.39, 0.29) is 0 Å². The van der Waals surface area contributed by atoms with Gasteiger partial charge < -0.3 is 5.73 Å². The number of thiol groups is 1. The Morgan fingerprint density at radius 2 is 1.75 bits per heavy atom. The molecule has 0 saturated heterocycles. The summed E-state index contributed by atoms with van der Waals surface area (Å²) in [5.41, 5.74) is 8.00. The van der Waals surface area contributed by atoms with E-state index in [0.717, 1.165) is 6.42 Å². The van der Waals surface area contributed by atoms with E-state index in [1.165, 1.54) is 11.1 Å². The lowest BCUT2D eigenvalue weighted by Gasteiger charge is -2.04. The van der Waals surface area contributed by atoms with Crippen molar-refractivity contribution in [1.29, 1.82) is 0 Å². The van der Waals surface area contributed by atoms with Gasteiger partial charge in [-0.2, -0.15) is 12.6 Å². The largest absolute Gasteiger partial charge is 0.326 e. The van der Waals surface area contributed by atoms with Gasteiger partial charge in [-0.15, -0.1) is 0 Å². The van der Waals surface area contributed by atoms with E-state index < -0.39 is 0 Å². The molecule has 1 aromatic carbocycles. The molecule has 0 saturated carbocycles. The van der Waals surface area contributed by atoms with Gasteiger partial charge in [-0.3, -0.25) is 0 Å². The minimum atomic E-state index is 0.425. The van der Waals surface area contributed by atoms with Crippen molar-refractivity contribution in [2.75, 3.05) is 0 Å². The second-order valence-corrected chi connectivity index (χ2v) is 3.96. The van der Waals surface area contributed by atoms with Gasteiger partial charge >= 0.3 is 0 Å². The lowest BCUT2D eigenvalue weighted by Crippen LogP contribution is -1.99. The van der Waals surface area contributed by atoms with Crippen LogP contribution in [-0.4, -0.2) is 5.25 Å². The molecule has 0 bridgehead atoms. The standard InChI is InChI=1S/C10H15NS/c1-8(12)6-9-2-4-10(7-11)5-3-9/h2-5,8,12H,6-7,11H2,1H3. The molecule has 2 heteroatoms. The molecule has 1 nitrogen and oxygen atoms in total. The Morgan fingerprint density at radius 1 is 1.25 bits per heavy atom. The predicted octanol–water partition coefficient (Wildman–Crippen LogP) is 2.01. The normalized spacial score (nSPS) is 12.9. The van der Waals surface area contributed by atoms with Crippen LogP contribution in [0.25, 0.3) is 0 Å². The molecular weight excluding hydrogens is 166 g/mol. The van der Waals surface area contributed by atoms with E-state index >= 15 is 0 Å². The second kappa shape index (κ2) is 4.53. The minimum Gasteiger partial charge on any atom is -0.326 e. The number of rotatable bonds is 3. The van der Waals surface area contributed by atoms with Gasteiger partial charge in [0.2, 0.25) is 0 Å². The molecule has 0 aliphatic heterocycles. The third kappa shape index (κ3) is 2.88. The Balaban J connectivity index is 2.65. The zero-order valence-corrected chi connectivity index (χ0v) is 8.22. The molecule has 0 aromatic heterocycles. The van der Waals surface area contributed by atoms with Gasteiger partial charge in [-0.05, 0) is 17.5 Å².